The molecular formula is C29H38N2O3S2. The third-order valence-electron chi connectivity index (χ3n) is 7.36. The van der Waals surface area contributed by atoms with E-state index in [0.29, 0.717) is 11.5 Å². The van der Waals surface area contributed by atoms with Crippen LogP contribution in [0, 0.1) is 5.92 Å². The molecule has 194 valence electrons. The monoisotopic (exact) mass is 526 g/mol. The molecule has 1 aromatic heterocycles. The van der Waals surface area contributed by atoms with E-state index in [2.05, 4.69) is 24.4 Å². The molecule has 4 rings (SSSR count). The van der Waals surface area contributed by atoms with Gasteiger partial charge in [0, 0.05) is 40.4 Å². The summed E-state index contributed by atoms with van der Waals surface area (Å²) in [6.45, 7) is 2.47. The molecule has 1 unspecified atom stereocenters. The molecule has 1 saturated carbocycles. The number of carbonyl (C=O) groups excluding carboxylic acids is 1. The van der Waals surface area contributed by atoms with Gasteiger partial charge in [-0.05, 0) is 78.8 Å². The second-order valence-corrected chi connectivity index (χ2v) is 12.2. The van der Waals surface area contributed by atoms with E-state index in [4.69, 9.17) is 5.11 Å². The third-order valence-corrected chi connectivity index (χ3v) is 9.63. The van der Waals surface area contributed by atoms with Gasteiger partial charge in [0.25, 0.3) is 5.91 Å². The van der Waals surface area contributed by atoms with Gasteiger partial charge in [-0.15, -0.1) is 11.3 Å². The highest BCUT2D eigenvalue weighted by molar-refractivity contribution is 7.99. The molecule has 2 aromatic rings. The van der Waals surface area contributed by atoms with E-state index >= 15 is 0 Å². The molecule has 0 radical (unpaired) electrons. The van der Waals surface area contributed by atoms with Gasteiger partial charge >= 0.3 is 5.97 Å². The summed E-state index contributed by atoms with van der Waals surface area (Å²) in [7, 11) is 1.65. The predicted octanol–water partition coefficient (Wildman–Crippen LogP) is 7.11. The summed E-state index contributed by atoms with van der Waals surface area (Å²) in [6, 6.07) is 10.4. The average molecular weight is 527 g/mol. The molecule has 1 fully saturated rings. The average Bonchev–Trinajstić information content (AvgIpc) is 3.35. The molecule has 0 bridgehead atoms. The first-order valence-electron chi connectivity index (χ1n) is 13.2. The highest BCUT2D eigenvalue weighted by Gasteiger charge is 2.29. The lowest BCUT2D eigenvalue weighted by Gasteiger charge is -2.32. The standard InChI is InChI=1S/C29H38N2O3S2/c1-3-25-24(19-26(36-25)20-14-17-35-18-15-20)28(21-7-5-4-6-8-21)30-23-11-9-22(10-12-23)29(34)31(2)16-13-27(32)33/h9-12,14,19,21,28,30H,3-8,13,15-18H2,1-2H3,(H,32,33). The number of anilines is 1. The molecular weight excluding hydrogens is 488 g/mol. The number of rotatable bonds is 10. The van der Waals surface area contributed by atoms with Crippen LogP contribution in [0.4, 0.5) is 5.69 Å². The number of allylic oxidation sites excluding steroid dienone is 1. The number of nitrogens with zero attached hydrogens (tertiary/aromatic N) is 1. The number of amides is 1. The lowest BCUT2D eigenvalue weighted by Crippen LogP contribution is -2.29. The molecule has 1 aliphatic carbocycles. The number of hydrogen-bond acceptors (Lipinski definition) is 5. The van der Waals surface area contributed by atoms with Crippen LogP contribution in [0.25, 0.3) is 5.57 Å². The molecule has 2 N–H and O–H groups in total. The second kappa shape index (κ2) is 12.8. The lowest BCUT2D eigenvalue weighted by atomic mass is 9.80. The summed E-state index contributed by atoms with van der Waals surface area (Å²) >= 11 is 3.99. The number of aliphatic carboxylic acids is 1. The maximum atomic E-state index is 12.7. The lowest BCUT2D eigenvalue weighted by molar-refractivity contribution is -0.137. The van der Waals surface area contributed by atoms with Gasteiger partial charge in [-0.3, -0.25) is 9.59 Å². The second-order valence-electron chi connectivity index (χ2n) is 9.86. The maximum Gasteiger partial charge on any atom is 0.305 e. The molecule has 1 aliphatic heterocycles. The summed E-state index contributed by atoms with van der Waals surface area (Å²) < 4.78 is 0. The van der Waals surface area contributed by atoms with Crippen molar-refractivity contribution in [1.29, 1.82) is 0 Å². The number of carboxylic acid groups (broad SMARTS) is 1. The van der Waals surface area contributed by atoms with Crippen LogP contribution in [0.1, 0.15) is 83.6 Å². The number of benzene rings is 1. The Morgan fingerprint density at radius 2 is 1.92 bits per heavy atom. The first kappa shape index (κ1) is 26.8. The molecule has 7 heteroatoms. The Labute approximate surface area is 223 Å². The fourth-order valence-corrected chi connectivity index (χ4v) is 7.35. The van der Waals surface area contributed by atoms with E-state index in [1.165, 1.54) is 63.6 Å². The van der Waals surface area contributed by atoms with E-state index in [1.807, 2.05) is 47.4 Å². The molecule has 1 aromatic carbocycles. The van der Waals surface area contributed by atoms with Crippen molar-refractivity contribution in [2.45, 2.75) is 64.3 Å². The molecule has 1 atom stereocenters. The van der Waals surface area contributed by atoms with Gasteiger partial charge in [-0.2, -0.15) is 11.8 Å². The van der Waals surface area contributed by atoms with Crippen molar-refractivity contribution < 1.29 is 14.7 Å². The molecule has 0 saturated heterocycles. The molecule has 1 amide bonds. The Kier molecular flexibility index (Phi) is 9.54. The van der Waals surface area contributed by atoms with Gasteiger partial charge in [0.05, 0.1) is 12.5 Å². The Bertz CT molecular complexity index is 1070. The largest absolute Gasteiger partial charge is 0.481 e. The van der Waals surface area contributed by atoms with Crippen molar-refractivity contribution in [3.05, 3.63) is 57.3 Å². The van der Waals surface area contributed by atoms with Crippen LogP contribution in [-0.2, 0) is 11.2 Å². The van der Waals surface area contributed by atoms with Crippen LogP contribution in [0.15, 0.2) is 36.4 Å². The maximum absolute atomic E-state index is 12.7. The minimum Gasteiger partial charge on any atom is -0.481 e. The normalized spacial score (nSPS) is 17.3. The molecule has 36 heavy (non-hydrogen) atoms. The van der Waals surface area contributed by atoms with E-state index in [-0.39, 0.29) is 24.9 Å². The summed E-state index contributed by atoms with van der Waals surface area (Å²) in [4.78, 5) is 27.9. The minimum atomic E-state index is -0.898. The number of nitrogens with one attached hydrogen (secondary N) is 1. The molecule has 0 spiro atoms. The van der Waals surface area contributed by atoms with Gasteiger partial charge in [0.15, 0.2) is 0 Å². The van der Waals surface area contributed by atoms with Crippen molar-refractivity contribution in [2.24, 2.45) is 5.92 Å². The zero-order valence-corrected chi connectivity index (χ0v) is 23.1. The van der Waals surface area contributed by atoms with Gasteiger partial charge in [0.2, 0.25) is 0 Å². The zero-order chi connectivity index (χ0) is 25.5. The van der Waals surface area contributed by atoms with Crippen LogP contribution < -0.4 is 5.32 Å². The molecule has 2 heterocycles. The third kappa shape index (κ3) is 6.74. The highest BCUT2D eigenvalue weighted by Crippen LogP contribution is 2.42. The number of hydrogen-bond donors (Lipinski definition) is 2. The predicted molar refractivity (Wildman–Crippen MR) is 152 cm³/mol. The van der Waals surface area contributed by atoms with Gasteiger partial charge in [-0.1, -0.05) is 32.3 Å². The SMILES string of the molecule is CCc1sc(C2=CCSCC2)cc1C(Nc1ccc(C(=O)N(C)CCC(=O)O)cc1)C1CCCCC1. The smallest absolute Gasteiger partial charge is 0.305 e. The quantitative estimate of drug-likeness (QED) is 0.345. The van der Waals surface area contributed by atoms with Crippen LogP contribution >= 0.6 is 23.1 Å². The van der Waals surface area contributed by atoms with Crippen molar-refractivity contribution in [3.8, 4) is 0 Å². The van der Waals surface area contributed by atoms with Crippen molar-refractivity contribution in [2.75, 3.05) is 30.4 Å². The Hall–Kier alpha value is -2.25. The number of thiophene rings is 1. The van der Waals surface area contributed by atoms with E-state index < -0.39 is 5.97 Å². The molecule has 5 nitrogen and oxygen atoms in total. The van der Waals surface area contributed by atoms with Gasteiger partial charge < -0.3 is 15.3 Å². The van der Waals surface area contributed by atoms with Crippen molar-refractivity contribution >= 4 is 46.2 Å². The summed E-state index contributed by atoms with van der Waals surface area (Å²) in [6.07, 6.45) is 11.0. The van der Waals surface area contributed by atoms with E-state index in [0.717, 1.165) is 24.3 Å². The minimum absolute atomic E-state index is 0.0525. The number of carboxylic acids is 1. The van der Waals surface area contributed by atoms with Gasteiger partial charge in [0.1, 0.15) is 0 Å². The molecule has 2 aliphatic rings. The van der Waals surface area contributed by atoms with Crippen LogP contribution in [0.2, 0.25) is 0 Å². The number of aryl methyl sites for hydroxylation is 1. The van der Waals surface area contributed by atoms with E-state index in [1.54, 1.807) is 7.05 Å². The fraction of sp³-hybridized carbons (Fsp3) is 0.517. The first-order valence-corrected chi connectivity index (χ1v) is 15.2. The van der Waals surface area contributed by atoms with Crippen molar-refractivity contribution in [1.82, 2.24) is 4.90 Å². The summed E-state index contributed by atoms with van der Waals surface area (Å²) in [5.41, 5.74) is 4.57. The fourth-order valence-electron chi connectivity index (χ4n) is 5.28. The number of thioether (sulfide) groups is 1. The van der Waals surface area contributed by atoms with Gasteiger partial charge in [-0.25, -0.2) is 0 Å². The number of carbonyl (C=O) groups is 2. The highest BCUT2D eigenvalue weighted by atomic mass is 32.2. The van der Waals surface area contributed by atoms with Crippen LogP contribution in [0.5, 0.6) is 0 Å². The Morgan fingerprint density at radius 3 is 2.56 bits per heavy atom. The topological polar surface area (TPSA) is 69.6 Å². The van der Waals surface area contributed by atoms with Crippen molar-refractivity contribution in [3.63, 3.8) is 0 Å². The van der Waals surface area contributed by atoms with E-state index in [9.17, 15) is 9.59 Å². The summed E-state index contributed by atoms with van der Waals surface area (Å²) in [5.74, 6) is 1.88. The first-order chi connectivity index (χ1) is 17.5. The Balaban J connectivity index is 1.55. The van der Waals surface area contributed by atoms with Crippen LogP contribution in [0.3, 0.4) is 0 Å². The van der Waals surface area contributed by atoms with Crippen LogP contribution in [-0.4, -0.2) is 47.0 Å². The Morgan fingerprint density at radius 1 is 1.17 bits per heavy atom. The zero-order valence-electron chi connectivity index (χ0n) is 21.4. The summed E-state index contributed by atoms with van der Waals surface area (Å²) in [5, 5.41) is 12.8.